The summed E-state index contributed by atoms with van der Waals surface area (Å²) in [4.78, 5) is 11.2. The lowest BCUT2D eigenvalue weighted by Crippen LogP contribution is -2.26. The van der Waals surface area contributed by atoms with E-state index in [1.807, 2.05) is 85.8 Å². The van der Waals surface area contributed by atoms with Gasteiger partial charge in [0.05, 0.1) is 7.11 Å². The lowest BCUT2D eigenvalue weighted by Gasteiger charge is -2.12. The first-order chi connectivity index (χ1) is 16.5. The minimum Gasteiger partial charge on any atom is -0.497 e. The van der Waals surface area contributed by atoms with Crippen LogP contribution in [0.2, 0.25) is 0 Å². The number of hydrogen-bond acceptors (Lipinski definition) is 5. The second kappa shape index (κ2) is 12.5. The summed E-state index contributed by atoms with van der Waals surface area (Å²) in [6.07, 6.45) is 1.50. The molecule has 0 fully saturated rings. The van der Waals surface area contributed by atoms with Crippen molar-refractivity contribution < 1.29 is 28.8 Å². The van der Waals surface area contributed by atoms with Gasteiger partial charge in [-0.3, -0.25) is 0 Å². The van der Waals surface area contributed by atoms with Gasteiger partial charge in [0.1, 0.15) is 29.6 Å². The fraction of sp³-hybridized carbons (Fsp3) is 0.250. The van der Waals surface area contributed by atoms with E-state index in [1.165, 1.54) is 0 Å². The van der Waals surface area contributed by atoms with Gasteiger partial charge in [0.15, 0.2) is 6.10 Å². The molecule has 0 saturated carbocycles. The first-order valence-electron chi connectivity index (χ1n) is 11.1. The standard InChI is InChI=1S/C28H30O6/c1-4-32-27(28(29)30)19-21-5-9-24(10-6-21)33-18-17-20(2)22-7-11-25(12-8-22)34-26-15-13-23(31-3)14-16-26/h5-17,27H,4,18-19H2,1-3H3,(H,29,30)/b20-17+/t27-/m0/s1. The minimum absolute atomic E-state index is 0.320. The van der Waals surface area contributed by atoms with Crippen LogP contribution in [0, 0.1) is 0 Å². The van der Waals surface area contributed by atoms with Gasteiger partial charge in [-0.25, -0.2) is 4.79 Å². The number of carboxylic acid groups (broad SMARTS) is 1. The van der Waals surface area contributed by atoms with Crippen molar-refractivity contribution in [2.75, 3.05) is 20.3 Å². The number of aliphatic carboxylic acids is 1. The zero-order valence-electron chi connectivity index (χ0n) is 19.7. The highest BCUT2D eigenvalue weighted by Crippen LogP contribution is 2.25. The molecule has 1 atom stereocenters. The van der Waals surface area contributed by atoms with Crippen LogP contribution < -0.4 is 14.2 Å². The minimum atomic E-state index is -0.955. The second-order valence-electron chi connectivity index (χ2n) is 7.63. The predicted molar refractivity (Wildman–Crippen MR) is 132 cm³/mol. The SMILES string of the molecule is CCO[C@@H](Cc1ccc(OC/C=C(\C)c2ccc(Oc3ccc(OC)cc3)cc2)cc1)C(=O)O. The van der Waals surface area contributed by atoms with Crippen molar-refractivity contribution in [3.63, 3.8) is 0 Å². The summed E-state index contributed by atoms with van der Waals surface area (Å²) in [5.74, 6) is 2.06. The van der Waals surface area contributed by atoms with E-state index in [2.05, 4.69) is 0 Å². The molecule has 0 heterocycles. The van der Waals surface area contributed by atoms with Crippen LogP contribution in [0.4, 0.5) is 0 Å². The molecule has 6 heteroatoms. The number of methoxy groups -OCH3 is 1. The lowest BCUT2D eigenvalue weighted by atomic mass is 10.1. The Labute approximate surface area is 200 Å². The third-order valence-electron chi connectivity index (χ3n) is 5.23. The first-order valence-corrected chi connectivity index (χ1v) is 11.1. The molecule has 0 amide bonds. The summed E-state index contributed by atoms with van der Waals surface area (Å²) >= 11 is 0. The van der Waals surface area contributed by atoms with Crippen LogP contribution in [0.5, 0.6) is 23.0 Å². The van der Waals surface area contributed by atoms with E-state index in [0.29, 0.717) is 19.6 Å². The number of carbonyl (C=O) groups is 1. The molecule has 3 rings (SSSR count). The molecule has 0 unspecified atom stereocenters. The van der Waals surface area contributed by atoms with Crippen molar-refractivity contribution in [2.45, 2.75) is 26.4 Å². The number of ether oxygens (including phenoxy) is 4. The zero-order valence-corrected chi connectivity index (χ0v) is 19.7. The molecule has 0 radical (unpaired) electrons. The Bertz CT molecular complexity index is 1070. The molecular formula is C28H30O6. The predicted octanol–water partition coefficient (Wildman–Crippen LogP) is 6.00. The van der Waals surface area contributed by atoms with Crippen LogP contribution >= 0.6 is 0 Å². The van der Waals surface area contributed by atoms with E-state index >= 15 is 0 Å². The van der Waals surface area contributed by atoms with Crippen LogP contribution in [0.15, 0.2) is 78.9 Å². The number of rotatable bonds is 12. The molecule has 3 aromatic carbocycles. The third kappa shape index (κ3) is 7.39. The molecule has 0 saturated heterocycles. The Morgan fingerprint density at radius 1 is 0.882 bits per heavy atom. The summed E-state index contributed by atoms with van der Waals surface area (Å²) in [6, 6.07) is 22.7. The Kier molecular flexibility index (Phi) is 9.12. The molecule has 0 bridgehead atoms. The summed E-state index contributed by atoms with van der Waals surface area (Å²) in [5, 5.41) is 9.21. The largest absolute Gasteiger partial charge is 0.497 e. The van der Waals surface area contributed by atoms with Crippen molar-refractivity contribution in [1.82, 2.24) is 0 Å². The highest BCUT2D eigenvalue weighted by molar-refractivity contribution is 5.72. The molecule has 178 valence electrons. The summed E-state index contributed by atoms with van der Waals surface area (Å²) in [6.45, 7) is 4.60. The van der Waals surface area contributed by atoms with E-state index in [0.717, 1.165) is 39.7 Å². The molecule has 1 N–H and O–H groups in total. The fourth-order valence-electron chi connectivity index (χ4n) is 3.30. The van der Waals surface area contributed by atoms with Gasteiger partial charge < -0.3 is 24.1 Å². The fourth-order valence-corrected chi connectivity index (χ4v) is 3.30. The van der Waals surface area contributed by atoms with Crippen LogP contribution in [-0.4, -0.2) is 37.5 Å². The van der Waals surface area contributed by atoms with E-state index in [9.17, 15) is 9.90 Å². The van der Waals surface area contributed by atoms with Crippen molar-refractivity contribution in [1.29, 1.82) is 0 Å². The monoisotopic (exact) mass is 462 g/mol. The van der Waals surface area contributed by atoms with Crippen LogP contribution in [0.25, 0.3) is 5.57 Å². The van der Waals surface area contributed by atoms with Crippen molar-refractivity contribution in [3.05, 3.63) is 90.0 Å². The number of benzene rings is 3. The van der Waals surface area contributed by atoms with E-state index < -0.39 is 12.1 Å². The molecule has 0 aliphatic rings. The van der Waals surface area contributed by atoms with Gasteiger partial charge in [-0.2, -0.15) is 0 Å². The molecule has 6 nitrogen and oxygen atoms in total. The smallest absolute Gasteiger partial charge is 0.333 e. The van der Waals surface area contributed by atoms with Gasteiger partial charge in [-0.1, -0.05) is 24.3 Å². The van der Waals surface area contributed by atoms with Gasteiger partial charge in [-0.05, 0) is 85.2 Å². The second-order valence-corrected chi connectivity index (χ2v) is 7.63. The van der Waals surface area contributed by atoms with E-state index in [1.54, 1.807) is 14.0 Å². The molecule has 3 aromatic rings. The zero-order chi connectivity index (χ0) is 24.3. The maximum Gasteiger partial charge on any atom is 0.333 e. The van der Waals surface area contributed by atoms with Gasteiger partial charge in [-0.15, -0.1) is 0 Å². The number of hydrogen-bond donors (Lipinski definition) is 1. The van der Waals surface area contributed by atoms with Gasteiger partial charge >= 0.3 is 5.97 Å². The van der Waals surface area contributed by atoms with E-state index in [4.69, 9.17) is 18.9 Å². The molecule has 0 aromatic heterocycles. The third-order valence-corrected chi connectivity index (χ3v) is 5.23. The average Bonchev–Trinajstić information content (AvgIpc) is 2.85. The van der Waals surface area contributed by atoms with Crippen molar-refractivity contribution >= 4 is 11.5 Å². The quantitative estimate of drug-likeness (QED) is 0.356. The Hall–Kier alpha value is -3.77. The summed E-state index contributed by atoms with van der Waals surface area (Å²) in [5.41, 5.74) is 3.06. The van der Waals surface area contributed by atoms with Gasteiger partial charge in [0.25, 0.3) is 0 Å². The number of allylic oxidation sites excluding steroid dienone is 1. The van der Waals surface area contributed by atoms with E-state index in [-0.39, 0.29) is 0 Å². The summed E-state index contributed by atoms with van der Waals surface area (Å²) < 4.78 is 22.1. The normalized spacial score (nSPS) is 12.1. The van der Waals surface area contributed by atoms with Gasteiger partial charge in [0.2, 0.25) is 0 Å². The Morgan fingerprint density at radius 2 is 1.44 bits per heavy atom. The number of carboxylic acids is 1. The topological polar surface area (TPSA) is 74.2 Å². The first kappa shape index (κ1) is 24.9. The van der Waals surface area contributed by atoms with Gasteiger partial charge in [0, 0.05) is 13.0 Å². The highest BCUT2D eigenvalue weighted by atomic mass is 16.5. The molecular weight excluding hydrogens is 432 g/mol. The molecule has 0 aliphatic carbocycles. The average molecular weight is 463 g/mol. The Balaban J connectivity index is 1.51. The summed E-state index contributed by atoms with van der Waals surface area (Å²) in [7, 11) is 1.63. The molecule has 0 spiro atoms. The van der Waals surface area contributed by atoms with Crippen LogP contribution in [0.1, 0.15) is 25.0 Å². The van der Waals surface area contributed by atoms with Crippen LogP contribution in [-0.2, 0) is 16.0 Å². The Morgan fingerprint density at radius 3 is 2.00 bits per heavy atom. The lowest BCUT2D eigenvalue weighted by molar-refractivity contribution is -0.149. The maximum atomic E-state index is 11.2. The van der Waals surface area contributed by atoms with Crippen molar-refractivity contribution in [2.24, 2.45) is 0 Å². The highest BCUT2D eigenvalue weighted by Gasteiger charge is 2.17. The molecule has 0 aliphatic heterocycles. The molecule has 34 heavy (non-hydrogen) atoms. The van der Waals surface area contributed by atoms with Crippen LogP contribution in [0.3, 0.4) is 0 Å². The maximum absolute atomic E-state index is 11.2. The van der Waals surface area contributed by atoms with Crippen molar-refractivity contribution in [3.8, 4) is 23.0 Å².